The third-order valence-electron chi connectivity index (χ3n) is 2.61. The molecule has 0 aromatic heterocycles. The molecule has 0 bridgehead atoms. The molecule has 0 radical (unpaired) electrons. The van der Waals surface area contributed by atoms with Crippen molar-refractivity contribution in [2.24, 2.45) is 0 Å². The molecule has 0 aliphatic rings. The Bertz CT molecular complexity index is 599. The lowest BCUT2D eigenvalue weighted by Crippen LogP contribution is -2.17. The first-order chi connectivity index (χ1) is 9.37. The van der Waals surface area contributed by atoms with Gasteiger partial charge in [0.25, 0.3) is 0 Å². The van der Waals surface area contributed by atoms with E-state index in [1.54, 1.807) is 24.3 Å². The highest BCUT2D eigenvalue weighted by Gasteiger charge is 2.31. The number of aliphatic hydroxyl groups is 1. The van der Waals surface area contributed by atoms with Gasteiger partial charge in [-0.15, -0.1) is 13.2 Å². The van der Waals surface area contributed by atoms with Crippen molar-refractivity contribution in [3.8, 4) is 5.75 Å². The van der Waals surface area contributed by atoms with E-state index >= 15 is 0 Å². The van der Waals surface area contributed by atoms with Crippen molar-refractivity contribution in [2.45, 2.75) is 12.5 Å². The number of halogens is 4. The number of alkyl halides is 3. The van der Waals surface area contributed by atoms with Crippen LogP contribution in [0.25, 0.3) is 0 Å². The highest BCUT2D eigenvalue weighted by Crippen LogP contribution is 2.31. The quantitative estimate of drug-likeness (QED) is 0.890. The Kier molecular flexibility index (Phi) is 4.35. The summed E-state index contributed by atoms with van der Waals surface area (Å²) in [5, 5.41) is 10.2. The molecule has 2 rings (SSSR count). The fraction of sp³-hybridized carbons (Fsp3) is 0.143. The average Bonchev–Trinajstić information content (AvgIpc) is 2.37. The molecule has 0 spiro atoms. The van der Waals surface area contributed by atoms with Crippen LogP contribution in [0.15, 0.2) is 53.0 Å². The second kappa shape index (κ2) is 5.85. The van der Waals surface area contributed by atoms with E-state index in [4.69, 9.17) is 0 Å². The van der Waals surface area contributed by atoms with E-state index in [0.29, 0.717) is 15.6 Å². The molecule has 0 heterocycles. The van der Waals surface area contributed by atoms with Crippen LogP contribution in [0, 0.1) is 0 Å². The van der Waals surface area contributed by atoms with Crippen LogP contribution >= 0.6 is 15.9 Å². The lowest BCUT2D eigenvalue weighted by atomic mass is 10.0. The van der Waals surface area contributed by atoms with Gasteiger partial charge in [-0.2, -0.15) is 0 Å². The van der Waals surface area contributed by atoms with Gasteiger partial charge in [-0.25, -0.2) is 0 Å². The van der Waals surface area contributed by atoms with Crippen LogP contribution in [0.3, 0.4) is 0 Å². The number of hydrogen-bond acceptors (Lipinski definition) is 2. The van der Waals surface area contributed by atoms with Crippen molar-refractivity contribution < 1.29 is 23.0 Å². The predicted molar refractivity (Wildman–Crippen MR) is 71.3 cm³/mol. The Morgan fingerprint density at radius 2 is 1.75 bits per heavy atom. The van der Waals surface area contributed by atoms with Gasteiger partial charge in [-0.3, -0.25) is 0 Å². The number of hydrogen-bond donors (Lipinski definition) is 1. The van der Waals surface area contributed by atoms with E-state index in [2.05, 4.69) is 20.7 Å². The normalized spacial score (nSPS) is 13.1. The molecule has 0 saturated carbocycles. The maximum Gasteiger partial charge on any atom is 0.573 e. The molecule has 1 atom stereocenters. The maximum atomic E-state index is 12.2. The second-order valence-corrected chi connectivity index (χ2v) is 4.90. The molecular formula is C14H10BrF3O2. The topological polar surface area (TPSA) is 29.5 Å². The molecule has 2 aromatic rings. The van der Waals surface area contributed by atoms with Gasteiger partial charge in [0.05, 0.1) is 0 Å². The van der Waals surface area contributed by atoms with Gasteiger partial charge in [-0.05, 0) is 29.3 Å². The first-order valence-corrected chi connectivity index (χ1v) is 6.44. The predicted octanol–water partition coefficient (Wildman–Crippen LogP) is 4.43. The second-order valence-electron chi connectivity index (χ2n) is 4.04. The molecular weight excluding hydrogens is 337 g/mol. The maximum absolute atomic E-state index is 12.2. The van der Waals surface area contributed by atoms with Gasteiger partial charge in [-0.1, -0.05) is 46.3 Å². The number of ether oxygens (including phenoxy) is 1. The summed E-state index contributed by atoms with van der Waals surface area (Å²) < 4.78 is 41.0. The molecule has 0 aliphatic carbocycles. The third-order valence-corrected chi connectivity index (χ3v) is 3.33. The summed E-state index contributed by atoms with van der Waals surface area (Å²) >= 11 is 3.29. The third kappa shape index (κ3) is 3.74. The monoisotopic (exact) mass is 346 g/mol. The number of aliphatic hydroxyl groups excluding tert-OH is 1. The van der Waals surface area contributed by atoms with Crippen LogP contribution < -0.4 is 4.74 Å². The zero-order chi connectivity index (χ0) is 14.8. The summed E-state index contributed by atoms with van der Waals surface area (Å²) in [6, 6.07) is 12.2. The fourth-order valence-corrected chi connectivity index (χ4v) is 2.26. The number of benzene rings is 2. The Morgan fingerprint density at radius 3 is 2.40 bits per heavy atom. The highest BCUT2D eigenvalue weighted by molar-refractivity contribution is 9.10. The Labute approximate surface area is 121 Å². The largest absolute Gasteiger partial charge is 0.573 e. The van der Waals surface area contributed by atoms with Crippen LogP contribution in [0.4, 0.5) is 13.2 Å². The van der Waals surface area contributed by atoms with Crippen LogP contribution in [0.2, 0.25) is 0 Å². The Hall–Kier alpha value is -1.53. The molecule has 0 saturated heterocycles. The minimum atomic E-state index is -4.75. The summed E-state index contributed by atoms with van der Waals surface area (Å²) in [4.78, 5) is 0. The number of rotatable bonds is 3. The van der Waals surface area contributed by atoms with Gasteiger partial charge >= 0.3 is 6.36 Å². The van der Waals surface area contributed by atoms with Crippen molar-refractivity contribution >= 4 is 15.9 Å². The molecule has 1 unspecified atom stereocenters. The minimum Gasteiger partial charge on any atom is -0.406 e. The summed E-state index contributed by atoms with van der Waals surface area (Å²) in [6.45, 7) is 0. The molecule has 20 heavy (non-hydrogen) atoms. The van der Waals surface area contributed by atoms with E-state index in [1.807, 2.05) is 0 Å². The minimum absolute atomic E-state index is 0.318. The van der Waals surface area contributed by atoms with E-state index in [0.717, 1.165) is 6.07 Å². The van der Waals surface area contributed by atoms with Gasteiger partial charge in [0.1, 0.15) is 11.9 Å². The Balaban J connectivity index is 2.29. The van der Waals surface area contributed by atoms with E-state index < -0.39 is 12.5 Å². The van der Waals surface area contributed by atoms with Gasteiger partial charge in [0.2, 0.25) is 0 Å². The molecule has 1 N–H and O–H groups in total. The molecule has 0 amide bonds. The smallest absolute Gasteiger partial charge is 0.406 e. The standard InChI is InChI=1S/C14H10BrF3O2/c15-12-7-2-1-6-11(12)13(19)9-4-3-5-10(8-9)20-14(16,17)18/h1-8,13,19H. The molecule has 106 valence electrons. The first kappa shape index (κ1) is 14.9. The Morgan fingerprint density at radius 1 is 1.05 bits per heavy atom. The molecule has 0 aliphatic heterocycles. The van der Waals surface area contributed by atoms with E-state index in [-0.39, 0.29) is 5.75 Å². The lowest BCUT2D eigenvalue weighted by molar-refractivity contribution is -0.274. The summed E-state index contributed by atoms with van der Waals surface area (Å²) in [7, 11) is 0. The lowest BCUT2D eigenvalue weighted by Gasteiger charge is -2.15. The summed E-state index contributed by atoms with van der Waals surface area (Å²) in [6.07, 6.45) is -5.79. The van der Waals surface area contributed by atoms with Crippen molar-refractivity contribution in [3.63, 3.8) is 0 Å². The zero-order valence-electron chi connectivity index (χ0n) is 10.1. The van der Waals surface area contributed by atoms with Gasteiger partial charge < -0.3 is 9.84 Å². The van der Waals surface area contributed by atoms with E-state index in [9.17, 15) is 18.3 Å². The van der Waals surface area contributed by atoms with Gasteiger partial charge in [0.15, 0.2) is 0 Å². The van der Waals surface area contributed by atoms with Crippen molar-refractivity contribution in [3.05, 3.63) is 64.1 Å². The van der Waals surface area contributed by atoms with Crippen molar-refractivity contribution in [2.75, 3.05) is 0 Å². The SMILES string of the molecule is OC(c1cccc(OC(F)(F)F)c1)c1ccccc1Br. The molecule has 2 nitrogen and oxygen atoms in total. The summed E-state index contributed by atoms with van der Waals surface area (Å²) in [5.41, 5.74) is 0.885. The molecule has 0 fully saturated rings. The average molecular weight is 347 g/mol. The highest BCUT2D eigenvalue weighted by atomic mass is 79.9. The fourth-order valence-electron chi connectivity index (χ4n) is 1.76. The van der Waals surface area contributed by atoms with Gasteiger partial charge in [0, 0.05) is 4.47 Å². The first-order valence-electron chi connectivity index (χ1n) is 5.65. The van der Waals surface area contributed by atoms with Crippen LogP contribution in [0.5, 0.6) is 5.75 Å². The van der Waals surface area contributed by atoms with Crippen molar-refractivity contribution in [1.82, 2.24) is 0 Å². The molecule has 2 aromatic carbocycles. The zero-order valence-corrected chi connectivity index (χ0v) is 11.6. The van der Waals surface area contributed by atoms with Crippen molar-refractivity contribution in [1.29, 1.82) is 0 Å². The molecule has 6 heteroatoms. The summed E-state index contributed by atoms with van der Waals surface area (Å²) in [5.74, 6) is -0.360. The van der Waals surface area contributed by atoms with Crippen LogP contribution in [-0.2, 0) is 0 Å². The van der Waals surface area contributed by atoms with Crippen LogP contribution in [-0.4, -0.2) is 11.5 Å². The van der Waals surface area contributed by atoms with Crippen LogP contribution in [0.1, 0.15) is 17.2 Å². The van der Waals surface area contributed by atoms with E-state index in [1.165, 1.54) is 18.2 Å².